The van der Waals surface area contributed by atoms with E-state index in [1.165, 1.54) is 12.8 Å². The normalized spacial score (nSPS) is 24.4. The second kappa shape index (κ2) is 3.10. The van der Waals surface area contributed by atoms with Crippen molar-refractivity contribution in [3.8, 4) is 0 Å². The van der Waals surface area contributed by atoms with Gasteiger partial charge in [0.05, 0.1) is 6.17 Å². The molecule has 2 rings (SSSR count). The molecule has 1 atom stereocenters. The molecule has 12 heavy (non-hydrogen) atoms. The molecule has 0 aliphatic carbocycles. The van der Waals surface area contributed by atoms with E-state index in [9.17, 15) is 0 Å². The van der Waals surface area contributed by atoms with Crippen LogP contribution in [0, 0.1) is 0 Å². The maximum absolute atomic E-state index is 5.87. The van der Waals surface area contributed by atoms with Crippen molar-refractivity contribution in [2.45, 2.75) is 25.4 Å². The molecule has 0 saturated carbocycles. The molecule has 66 valence electrons. The number of hydrogen-bond donors (Lipinski definition) is 1. The first kappa shape index (κ1) is 7.54. The summed E-state index contributed by atoms with van der Waals surface area (Å²) in [6.07, 6.45) is 4.74. The lowest BCUT2D eigenvalue weighted by atomic mass is 10.1. The third kappa shape index (κ3) is 1.27. The molecule has 1 aliphatic heterocycles. The van der Waals surface area contributed by atoms with Crippen LogP contribution >= 0.6 is 0 Å². The molecule has 2 heterocycles. The third-order valence-electron chi connectivity index (χ3n) is 2.16. The minimum absolute atomic E-state index is 0.0522. The van der Waals surface area contributed by atoms with Crippen molar-refractivity contribution >= 4 is 5.95 Å². The molecule has 0 aromatic carbocycles. The Kier molecular flexibility index (Phi) is 1.95. The van der Waals surface area contributed by atoms with Gasteiger partial charge in [-0.25, -0.2) is 0 Å². The quantitative estimate of drug-likeness (QED) is 0.655. The number of anilines is 1. The van der Waals surface area contributed by atoms with E-state index in [1.807, 2.05) is 4.90 Å². The number of piperidine rings is 1. The van der Waals surface area contributed by atoms with Gasteiger partial charge < -0.3 is 15.2 Å². The second-order valence-corrected chi connectivity index (χ2v) is 2.99. The van der Waals surface area contributed by atoms with Gasteiger partial charge in [-0.2, -0.15) is 4.98 Å². The monoisotopic (exact) mass is 168 g/mol. The van der Waals surface area contributed by atoms with Crippen LogP contribution < -0.4 is 10.6 Å². The number of aromatic nitrogens is 2. The summed E-state index contributed by atoms with van der Waals surface area (Å²) in [7, 11) is 0. The predicted octanol–water partition coefficient (Wildman–Crippen LogP) is 0.345. The maximum atomic E-state index is 5.87. The molecule has 1 saturated heterocycles. The Morgan fingerprint density at radius 2 is 2.50 bits per heavy atom. The van der Waals surface area contributed by atoms with Gasteiger partial charge in [0.15, 0.2) is 0 Å². The zero-order valence-corrected chi connectivity index (χ0v) is 6.81. The van der Waals surface area contributed by atoms with E-state index in [4.69, 9.17) is 5.73 Å². The Morgan fingerprint density at radius 3 is 3.17 bits per heavy atom. The third-order valence-corrected chi connectivity index (χ3v) is 2.16. The van der Waals surface area contributed by atoms with Crippen LogP contribution in [-0.4, -0.2) is 22.9 Å². The van der Waals surface area contributed by atoms with Crippen LogP contribution in [0.15, 0.2) is 10.9 Å². The van der Waals surface area contributed by atoms with Crippen LogP contribution in [0.3, 0.4) is 0 Å². The van der Waals surface area contributed by atoms with Gasteiger partial charge in [0.25, 0.3) is 5.95 Å². The van der Waals surface area contributed by atoms with Crippen LogP contribution in [0.25, 0.3) is 0 Å². The summed E-state index contributed by atoms with van der Waals surface area (Å²) in [6.45, 7) is 0.931. The molecule has 5 nitrogen and oxygen atoms in total. The maximum Gasteiger partial charge on any atom is 0.267 e. The SMILES string of the molecule is NC1CCCCN1c1ncon1. The first-order valence-corrected chi connectivity index (χ1v) is 4.16. The molecule has 1 unspecified atom stereocenters. The molecule has 1 aliphatic rings. The number of nitrogens with two attached hydrogens (primary N) is 1. The summed E-state index contributed by atoms with van der Waals surface area (Å²) in [5, 5.41) is 3.75. The Balaban J connectivity index is 2.11. The Hall–Kier alpha value is -1.10. The van der Waals surface area contributed by atoms with Gasteiger partial charge in [0.2, 0.25) is 6.39 Å². The van der Waals surface area contributed by atoms with Crippen LogP contribution in [0.4, 0.5) is 5.95 Å². The van der Waals surface area contributed by atoms with Crippen molar-refractivity contribution in [1.82, 2.24) is 10.1 Å². The minimum Gasteiger partial charge on any atom is -0.341 e. The minimum atomic E-state index is 0.0522. The fraction of sp³-hybridized carbons (Fsp3) is 0.714. The van der Waals surface area contributed by atoms with E-state index in [0.29, 0.717) is 5.95 Å². The first-order valence-electron chi connectivity index (χ1n) is 4.16. The molecule has 0 radical (unpaired) electrons. The fourth-order valence-electron chi connectivity index (χ4n) is 1.50. The zero-order chi connectivity index (χ0) is 8.39. The van der Waals surface area contributed by atoms with Crippen LogP contribution in [0.1, 0.15) is 19.3 Å². The molecule has 1 fully saturated rings. The summed E-state index contributed by atoms with van der Waals surface area (Å²) >= 11 is 0. The highest BCUT2D eigenvalue weighted by molar-refractivity contribution is 5.28. The molecule has 1 aromatic heterocycles. The van der Waals surface area contributed by atoms with Gasteiger partial charge in [-0.1, -0.05) is 0 Å². The highest BCUT2D eigenvalue weighted by atomic mass is 16.5. The predicted molar refractivity (Wildman–Crippen MR) is 43.5 cm³/mol. The van der Waals surface area contributed by atoms with Gasteiger partial charge in [-0.3, -0.25) is 0 Å². The lowest BCUT2D eigenvalue weighted by Crippen LogP contribution is -2.46. The molecular formula is C7H12N4O. The topological polar surface area (TPSA) is 68.2 Å². The lowest BCUT2D eigenvalue weighted by Gasteiger charge is -2.31. The number of nitrogens with zero attached hydrogens (tertiary/aromatic N) is 3. The molecule has 5 heteroatoms. The van der Waals surface area contributed by atoms with E-state index in [2.05, 4.69) is 14.7 Å². The highest BCUT2D eigenvalue weighted by Gasteiger charge is 2.21. The van der Waals surface area contributed by atoms with E-state index in [-0.39, 0.29) is 6.17 Å². The Labute approximate surface area is 70.5 Å². The number of rotatable bonds is 1. The van der Waals surface area contributed by atoms with E-state index in [1.54, 1.807) is 0 Å². The van der Waals surface area contributed by atoms with Crippen LogP contribution in [-0.2, 0) is 0 Å². The average molecular weight is 168 g/mol. The average Bonchev–Trinajstić information content (AvgIpc) is 2.57. The molecular weight excluding hydrogens is 156 g/mol. The van der Waals surface area contributed by atoms with Crippen molar-refractivity contribution in [3.63, 3.8) is 0 Å². The summed E-state index contributed by atoms with van der Waals surface area (Å²) in [4.78, 5) is 5.94. The van der Waals surface area contributed by atoms with Crippen molar-refractivity contribution in [2.75, 3.05) is 11.4 Å². The first-order chi connectivity index (χ1) is 5.88. The van der Waals surface area contributed by atoms with Gasteiger partial charge in [-0.15, -0.1) is 0 Å². The molecule has 2 N–H and O–H groups in total. The zero-order valence-electron chi connectivity index (χ0n) is 6.81. The molecule has 0 bridgehead atoms. The molecule has 0 spiro atoms. The number of hydrogen-bond acceptors (Lipinski definition) is 5. The van der Waals surface area contributed by atoms with Gasteiger partial charge in [-0.05, 0) is 24.4 Å². The van der Waals surface area contributed by atoms with Crippen LogP contribution in [0.2, 0.25) is 0 Å². The van der Waals surface area contributed by atoms with E-state index in [0.717, 1.165) is 19.4 Å². The van der Waals surface area contributed by atoms with Crippen molar-refractivity contribution in [1.29, 1.82) is 0 Å². The smallest absolute Gasteiger partial charge is 0.267 e. The van der Waals surface area contributed by atoms with Gasteiger partial charge >= 0.3 is 0 Å². The molecule has 0 amide bonds. The largest absolute Gasteiger partial charge is 0.341 e. The van der Waals surface area contributed by atoms with Gasteiger partial charge in [0, 0.05) is 6.54 Å². The highest BCUT2D eigenvalue weighted by Crippen LogP contribution is 2.17. The Morgan fingerprint density at radius 1 is 1.58 bits per heavy atom. The van der Waals surface area contributed by atoms with Crippen molar-refractivity contribution in [3.05, 3.63) is 6.39 Å². The van der Waals surface area contributed by atoms with Crippen LogP contribution in [0.5, 0.6) is 0 Å². The lowest BCUT2D eigenvalue weighted by molar-refractivity contribution is 0.404. The van der Waals surface area contributed by atoms with E-state index < -0.39 is 0 Å². The fourth-order valence-corrected chi connectivity index (χ4v) is 1.50. The van der Waals surface area contributed by atoms with Gasteiger partial charge in [0.1, 0.15) is 0 Å². The summed E-state index contributed by atoms with van der Waals surface area (Å²) < 4.78 is 4.66. The summed E-state index contributed by atoms with van der Waals surface area (Å²) in [5.41, 5.74) is 5.87. The standard InChI is InChI=1S/C7H12N4O/c8-6-3-1-2-4-11(6)7-9-5-12-10-7/h5-6H,1-4,8H2. The summed E-state index contributed by atoms with van der Waals surface area (Å²) in [6, 6.07) is 0. The molecule has 1 aromatic rings. The summed E-state index contributed by atoms with van der Waals surface area (Å²) in [5.74, 6) is 0.613. The Bertz CT molecular complexity index is 236. The van der Waals surface area contributed by atoms with Crippen molar-refractivity contribution < 1.29 is 4.52 Å². The van der Waals surface area contributed by atoms with E-state index >= 15 is 0 Å². The second-order valence-electron chi connectivity index (χ2n) is 2.99. The van der Waals surface area contributed by atoms with Crippen molar-refractivity contribution in [2.24, 2.45) is 5.73 Å².